The van der Waals surface area contributed by atoms with Crippen molar-refractivity contribution in [1.82, 2.24) is 0 Å². The van der Waals surface area contributed by atoms with Gasteiger partial charge in [0.2, 0.25) is 5.91 Å². The molecule has 0 spiro atoms. The zero-order valence-electron chi connectivity index (χ0n) is 17.5. The van der Waals surface area contributed by atoms with E-state index in [9.17, 15) is 22.8 Å². The Morgan fingerprint density at radius 2 is 1.65 bits per heavy atom. The first-order valence-corrected chi connectivity index (χ1v) is 10.3. The second-order valence-corrected chi connectivity index (χ2v) is 8.06. The number of hydrogen-bond donors (Lipinski definition) is 2. The summed E-state index contributed by atoms with van der Waals surface area (Å²) in [5.74, 6) is -5.87. The van der Waals surface area contributed by atoms with E-state index in [2.05, 4.69) is 5.32 Å². The molecule has 2 rings (SSSR count). The molecule has 8 heteroatoms. The number of aliphatic carboxylic acids is 1. The molecule has 0 saturated heterocycles. The molecule has 168 valence electrons. The number of nitrogens with one attached hydrogen (secondary N) is 1. The molecule has 0 heterocycles. The minimum atomic E-state index is -4.58. The second kappa shape index (κ2) is 10.2. The molecule has 2 N–H and O–H groups in total. The normalized spacial score (nSPS) is 14.5. The van der Waals surface area contributed by atoms with E-state index >= 15 is 0 Å². The number of carboxylic acids is 1. The Morgan fingerprint density at radius 1 is 1.06 bits per heavy atom. The quantitative estimate of drug-likeness (QED) is 0.506. The van der Waals surface area contributed by atoms with E-state index in [0.29, 0.717) is 5.56 Å². The van der Waals surface area contributed by atoms with Gasteiger partial charge in [-0.3, -0.25) is 9.59 Å². The highest BCUT2D eigenvalue weighted by atomic mass is 35.5. The molecular formula is C23H25ClF3NO3. The van der Waals surface area contributed by atoms with E-state index in [4.69, 9.17) is 16.7 Å². The predicted octanol–water partition coefficient (Wildman–Crippen LogP) is 6.09. The molecule has 0 radical (unpaired) electrons. The summed E-state index contributed by atoms with van der Waals surface area (Å²) in [4.78, 5) is 24.1. The van der Waals surface area contributed by atoms with Crippen LogP contribution in [0.4, 0.5) is 18.9 Å². The fourth-order valence-corrected chi connectivity index (χ4v) is 3.43. The Balaban J connectivity index is 2.35. The number of benzene rings is 2. The highest BCUT2D eigenvalue weighted by molar-refractivity contribution is 6.33. The molecule has 0 bridgehead atoms. The maximum atomic E-state index is 13.5. The van der Waals surface area contributed by atoms with Crippen LogP contribution in [0.3, 0.4) is 0 Å². The third-order valence-corrected chi connectivity index (χ3v) is 5.63. The second-order valence-electron chi connectivity index (χ2n) is 7.65. The smallest absolute Gasteiger partial charge is 0.392 e. The number of rotatable bonds is 8. The third kappa shape index (κ3) is 6.47. The lowest BCUT2D eigenvalue weighted by Gasteiger charge is -2.26. The van der Waals surface area contributed by atoms with Crippen LogP contribution in [0.15, 0.2) is 42.5 Å². The lowest BCUT2D eigenvalue weighted by atomic mass is 9.85. The average Bonchev–Trinajstić information content (AvgIpc) is 2.70. The summed E-state index contributed by atoms with van der Waals surface area (Å²) in [6.45, 7) is 4.44. The van der Waals surface area contributed by atoms with E-state index in [0.717, 1.165) is 18.9 Å². The van der Waals surface area contributed by atoms with Crippen molar-refractivity contribution in [1.29, 1.82) is 0 Å². The van der Waals surface area contributed by atoms with Gasteiger partial charge >= 0.3 is 12.1 Å². The summed E-state index contributed by atoms with van der Waals surface area (Å²) in [7, 11) is 0. The summed E-state index contributed by atoms with van der Waals surface area (Å²) >= 11 is 6.15. The van der Waals surface area contributed by atoms with Gasteiger partial charge in [-0.05, 0) is 41.7 Å². The molecule has 0 aromatic heterocycles. The third-order valence-electron chi connectivity index (χ3n) is 5.30. The summed E-state index contributed by atoms with van der Waals surface area (Å²) in [5, 5.41) is 11.8. The van der Waals surface area contributed by atoms with E-state index in [-0.39, 0.29) is 22.7 Å². The Labute approximate surface area is 184 Å². The van der Waals surface area contributed by atoms with Gasteiger partial charge in [0, 0.05) is 0 Å². The van der Waals surface area contributed by atoms with Crippen molar-refractivity contribution < 1.29 is 27.9 Å². The van der Waals surface area contributed by atoms with E-state index in [1.54, 1.807) is 18.2 Å². The molecule has 3 atom stereocenters. The molecule has 1 amide bonds. The van der Waals surface area contributed by atoms with Crippen LogP contribution < -0.4 is 5.32 Å². The fraction of sp³-hybridized carbons (Fsp3) is 0.391. The average molecular weight is 456 g/mol. The van der Waals surface area contributed by atoms with Crippen LogP contribution in [0, 0.1) is 11.8 Å². The van der Waals surface area contributed by atoms with Crippen LogP contribution in [0.2, 0.25) is 5.02 Å². The molecule has 2 aromatic carbocycles. The minimum Gasteiger partial charge on any atom is -0.481 e. The molecule has 0 saturated carbocycles. The van der Waals surface area contributed by atoms with Gasteiger partial charge in [0.1, 0.15) is 0 Å². The van der Waals surface area contributed by atoms with E-state index < -0.39 is 35.8 Å². The minimum absolute atomic E-state index is 0.145. The van der Waals surface area contributed by atoms with Crippen molar-refractivity contribution in [3.63, 3.8) is 0 Å². The molecule has 2 aromatic rings. The lowest BCUT2D eigenvalue weighted by Crippen LogP contribution is -2.34. The molecule has 0 aliphatic carbocycles. The first-order valence-electron chi connectivity index (χ1n) is 9.91. The number of carbonyl (C=O) groups excluding carboxylic acids is 1. The number of alkyl halides is 3. The van der Waals surface area contributed by atoms with Gasteiger partial charge in [-0.2, -0.15) is 13.2 Å². The van der Waals surface area contributed by atoms with Crippen LogP contribution in [-0.2, 0) is 22.4 Å². The van der Waals surface area contributed by atoms with Crippen LogP contribution in [0.5, 0.6) is 0 Å². The molecule has 31 heavy (non-hydrogen) atoms. The van der Waals surface area contributed by atoms with Gasteiger partial charge in [-0.25, -0.2) is 0 Å². The zero-order chi connectivity index (χ0) is 23.3. The van der Waals surface area contributed by atoms with Crippen molar-refractivity contribution in [3.8, 4) is 0 Å². The van der Waals surface area contributed by atoms with Crippen LogP contribution in [0.25, 0.3) is 0 Å². The van der Waals surface area contributed by atoms with Crippen molar-refractivity contribution in [2.75, 3.05) is 5.32 Å². The van der Waals surface area contributed by atoms with Crippen molar-refractivity contribution >= 4 is 29.2 Å². The first-order chi connectivity index (χ1) is 14.4. The van der Waals surface area contributed by atoms with Gasteiger partial charge in [-0.1, -0.05) is 62.7 Å². The van der Waals surface area contributed by atoms with E-state index in [1.165, 1.54) is 31.2 Å². The number of halogens is 4. The summed E-state index contributed by atoms with van der Waals surface area (Å²) in [6, 6.07) is 11.1. The fourth-order valence-electron chi connectivity index (χ4n) is 3.26. The van der Waals surface area contributed by atoms with Crippen molar-refractivity contribution in [2.24, 2.45) is 11.8 Å². The number of amides is 1. The number of aryl methyl sites for hydroxylation is 1. The van der Waals surface area contributed by atoms with Gasteiger partial charge in [0.05, 0.1) is 28.5 Å². The maximum Gasteiger partial charge on any atom is 0.392 e. The zero-order valence-corrected chi connectivity index (χ0v) is 18.2. The molecular weight excluding hydrogens is 431 g/mol. The largest absolute Gasteiger partial charge is 0.481 e. The van der Waals surface area contributed by atoms with Gasteiger partial charge in [0.15, 0.2) is 0 Å². The highest BCUT2D eigenvalue weighted by Crippen LogP contribution is 2.38. The summed E-state index contributed by atoms with van der Waals surface area (Å²) < 4.78 is 40.6. The van der Waals surface area contributed by atoms with Crippen molar-refractivity contribution in [2.45, 2.75) is 45.7 Å². The molecule has 0 aliphatic rings. The molecule has 0 aliphatic heterocycles. The first kappa shape index (κ1) is 24.7. The number of carbonyl (C=O) groups is 2. The topological polar surface area (TPSA) is 66.4 Å². The number of hydrogen-bond acceptors (Lipinski definition) is 2. The SMILES string of the molecule is CCc1ccc(C(C(=O)Nc2cc(CC(C)C(=O)O)ccc2Cl)C(C)C(F)(F)F)cc1. The highest BCUT2D eigenvalue weighted by Gasteiger charge is 2.45. The van der Waals surface area contributed by atoms with Gasteiger partial charge in [0.25, 0.3) is 0 Å². The maximum absolute atomic E-state index is 13.5. The van der Waals surface area contributed by atoms with Crippen LogP contribution in [0.1, 0.15) is 43.4 Å². The van der Waals surface area contributed by atoms with Gasteiger partial charge in [-0.15, -0.1) is 0 Å². The summed E-state index contributed by atoms with van der Waals surface area (Å²) in [5.41, 5.74) is 1.95. The van der Waals surface area contributed by atoms with Crippen molar-refractivity contribution in [3.05, 3.63) is 64.2 Å². The Hall–Kier alpha value is -2.54. The Kier molecular flexibility index (Phi) is 8.12. The van der Waals surface area contributed by atoms with Gasteiger partial charge < -0.3 is 10.4 Å². The summed E-state index contributed by atoms with van der Waals surface area (Å²) in [6.07, 6.45) is -3.66. The standard InChI is InChI=1S/C23H25ClF3NO3/c1-4-15-5-8-17(9-6-15)20(14(3)23(25,26)27)21(29)28-19-12-16(7-10-18(19)24)11-13(2)22(30)31/h5-10,12-14,20H,4,11H2,1-3H3,(H,28,29)(H,30,31). The molecule has 0 fully saturated rings. The Morgan fingerprint density at radius 3 is 2.16 bits per heavy atom. The Bertz CT molecular complexity index is 929. The monoisotopic (exact) mass is 455 g/mol. The molecule has 3 unspecified atom stereocenters. The predicted molar refractivity (Wildman–Crippen MR) is 114 cm³/mol. The van der Waals surface area contributed by atoms with Crippen LogP contribution >= 0.6 is 11.6 Å². The van der Waals surface area contributed by atoms with Crippen LogP contribution in [-0.4, -0.2) is 23.2 Å². The lowest BCUT2D eigenvalue weighted by molar-refractivity contribution is -0.178. The molecule has 4 nitrogen and oxygen atoms in total. The number of anilines is 1. The van der Waals surface area contributed by atoms with E-state index in [1.807, 2.05) is 6.92 Å². The number of carboxylic acid groups (broad SMARTS) is 1.